The minimum absolute atomic E-state index is 0.00928. The first kappa shape index (κ1) is 15.7. The van der Waals surface area contributed by atoms with Crippen molar-refractivity contribution in [2.24, 2.45) is 12.0 Å². The highest BCUT2D eigenvalue weighted by Gasteiger charge is 2.12. The lowest BCUT2D eigenvalue weighted by Gasteiger charge is -2.05. The van der Waals surface area contributed by atoms with E-state index in [1.54, 1.807) is 23.0 Å². The average molecular weight is 324 g/mol. The summed E-state index contributed by atoms with van der Waals surface area (Å²) >= 11 is 0. The highest BCUT2D eigenvalue weighted by Crippen LogP contribution is 2.30. The fourth-order valence-electron chi connectivity index (χ4n) is 2.66. The van der Waals surface area contributed by atoms with Crippen LogP contribution >= 0.6 is 0 Å². The van der Waals surface area contributed by atoms with Crippen molar-refractivity contribution < 1.29 is 10.0 Å². The van der Waals surface area contributed by atoms with Crippen LogP contribution in [-0.2, 0) is 7.05 Å². The maximum absolute atomic E-state index is 10.9. The Morgan fingerprint density at radius 1 is 1.29 bits per heavy atom. The number of nitro benzene ring substituents is 1. The summed E-state index contributed by atoms with van der Waals surface area (Å²) in [5.74, 6) is 0.0688. The average Bonchev–Trinajstić information content (AvgIpc) is 2.79. The van der Waals surface area contributed by atoms with Gasteiger partial charge in [-0.15, -0.1) is 0 Å². The number of benzene rings is 2. The predicted octanol–water partition coefficient (Wildman–Crippen LogP) is 3.55. The number of nitro groups is 1. The van der Waals surface area contributed by atoms with Crippen molar-refractivity contribution in [3.63, 3.8) is 0 Å². The van der Waals surface area contributed by atoms with E-state index in [0.717, 1.165) is 17.1 Å². The van der Waals surface area contributed by atoms with Crippen LogP contribution in [0.15, 0.2) is 35.3 Å². The second-order valence-electron chi connectivity index (χ2n) is 5.56. The summed E-state index contributed by atoms with van der Waals surface area (Å²) < 4.78 is 1.74. The molecule has 0 aliphatic heterocycles. The van der Waals surface area contributed by atoms with E-state index >= 15 is 0 Å². The molecule has 0 aliphatic carbocycles. The Morgan fingerprint density at radius 2 is 2.04 bits per heavy atom. The van der Waals surface area contributed by atoms with Crippen molar-refractivity contribution in [1.29, 1.82) is 0 Å². The first-order chi connectivity index (χ1) is 11.4. The van der Waals surface area contributed by atoms with Crippen LogP contribution in [0, 0.1) is 24.0 Å². The van der Waals surface area contributed by atoms with Gasteiger partial charge in [-0.3, -0.25) is 19.8 Å². The summed E-state index contributed by atoms with van der Waals surface area (Å²) in [7, 11) is 1.84. The number of aromatic hydroxyl groups is 1. The van der Waals surface area contributed by atoms with Crippen LogP contribution in [0.2, 0.25) is 0 Å². The maximum Gasteiger partial charge on any atom is 0.270 e. The molecule has 0 radical (unpaired) electrons. The molecule has 0 atom stereocenters. The van der Waals surface area contributed by atoms with Crippen molar-refractivity contribution in [2.75, 3.05) is 0 Å². The van der Waals surface area contributed by atoms with Gasteiger partial charge in [-0.25, -0.2) is 0 Å². The summed E-state index contributed by atoms with van der Waals surface area (Å²) in [6.07, 6.45) is 1.57. The molecule has 0 spiro atoms. The lowest BCUT2D eigenvalue weighted by molar-refractivity contribution is -0.384. The second kappa shape index (κ2) is 5.77. The van der Waals surface area contributed by atoms with Crippen molar-refractivity contribution in [3.8, 4) is 5.75 Å². The Hall–Kier alpha value is -3.22. The summed E-state index contributed by atoms with van der Waals surface area (Å²) in [5.41, 5.74) is 2.98. The van der Waals surface area contributed by atoms with E-state index in [4.69, 9.17) is 0 Å². The van der Waals surface area contributed by atoms with E-state index in [9.17, 15) is 15.2 Å². The van der Waals surface area contributed by atoms with E-state index in [2.05, 4.69) is 10.1 Å². The molecule has 7 nitrogen and oxygen atoms in total. The zero-order chi connectivity index (χ0) is 17.4. The third-order valence-electron chi connectivity index (χ3n) is 4.03. The molecule has 0 unspecified atom stereocenters. The number of hydrogen-bond acceptors (Lipinski definition) is 5. The molecule has 0 aliphatic rings. The van der Waals surface area contributed by atoms with Gasteiger partial charge >= 0.3 is 0 Å². The van der Waals surface area contributed by atoms with Gasteiger partial charge in [0.1, 0.15) is 11.4 Å². The van der Waals surface area contributed by atoms with Crippen LogP contribution in [0.25, 0.3) is 10.8 Å². The number of phenols is 1. The number of hydrogen-bond donors (Lipinski definition) is 1. The quantitative estimate of drug-likeness (QED) is 0.453. The summed E-state index contributed by atoms with van der Waals surface area (Å²) in [6.45, 7) is 3.78. The Balaban J connectivity index is 2.13. The topological polar surface area (TPSA) is 93.5 Å². The summed E-state index contributed by atoms with van der Waals surface area (Å²) in [4.78, 5) is 14.9. The van der Waals surface area contributed by atoms with Crippen LogP contribution < -0.4 is 0 Å². The molecule has 0 fully saturated rings. The van der Waals surface area contributed by atoms with Gasteiger partial charge < -0.3 is 5.11 Å². The molecule has 3 rings (SSSR count). The van der Waals surface area contributed by atoms with E-state index < -0.39 is 4.92 Å². The van der Waals surface area contributed by atoms with Crippen molar-refractivity contribution in [2.45, 2.75) is 13.8 Å². The van der Waals surface area contributed by atoms with Gasteiger partial charge in [0.15, 0.2) is 0 Å². The van der Waals surface area contributed by atoms with Crippen LogP contribution in [0.1, 0.15) is 17.0 Å². The fraction of sp³-hybridized carbons (Fsp3) is 0.176. The molecule has 7 heteroatoms. The number of phenolic OH excluding ortho intramolecular Hbond substituents is 1. The number of aliphatic imine (C=N–C) groups is 1. The molecule has 0 saturated carbocycles. The molecule has 2 aromatic carbocycles. The Morgan fingerprint density at radius 3 is 2.67 bits per heavy atom. The largest absolute Gasteiger partial charge is 0.507 e. The van der Waals surface area contributed by atoms with Gasteiger partial charge in [0.2, 0.25) is 0 Å². The van der Waals surface area contributed by atoms with Crippen LogP contribution in [0.5, 0.6) is 5.75 Å². The van der Waals surface area contributed by atoms with Gasteiger partial charge in [-0.2, -0.15) is 5.10 Å². The monoisotopic (exact) mass is 324 g/mol. The smallest absolute Gasteiger partial charge is 0.270 e. The van der Waals surface area contributed by atoms with Gasteiger partial charge in [-0.05, 0) is 36.8 Å². The molecule has 0 bridgehead atoms. The van der Waals surface area contributed by atoms with Gasteiger partial charge in [-0.1, -0.05) is 6.07 Å². The van der Waals surface area contributed by atoms with Crippen molar-refractivity contribution in [1.82, 2.24) is 9.78 Å². The van der Waals surface area contributed by atoms with E-state index in [1.165, 1.54) is 18.2 Å². The molecule has 1 aromatic heterocycles. The van der Waals surface area contributed by atoms with Crippen LogP contribution in [0.3, 0.4) is 0 Å². The molecule has 1 heterocycles. The third kappa shape index (κ3) is 2.60. The minimum Gasteiger partial charge on any atom is -0.507 e. The fourth-order valence-corrected chi connectivity index (χ4v) is 2.66. The molecule has 0 saturated heterocycles. The highest BCUT2D eigenvalue weighted by molar-refractivity contribution is 6.03. The summed E-state index contributed by atoms with van der Waals surface area (Å²) in [6, 6.07) is 7.68. The van der Waals surface area contributed by atoms with Crippen LogP contribution in [0.4, 0.5) is 11.4 Å². The predicted molar refractivity (Wildman–Crippen MR) is 92.2 cm³/mol. The maximum atomic E-state index is 10.9. The molecule has 24 heavy (non-hydrogen) atoms. The molecule has 1 N–H and O–H groups in total. The van der Waals surface area contributed by atoms with Crippen LogP contribution in [-0.4, -0.2) is 26.0 Å². The molecular weight excluding hydrogens is 308 g/mol. The Bertz CT molecular complexity index is 989. The van der Waals surface area contributed by atoms with Crippen molar-refractivity contribution in [3.05, 3.63) is 57.4 Å². The normalized spacial score (nSPS) is 11.5. The SMILES string of the molecule is Cc1nn(C)c(C)c1N=Cc1c(O)ccc2cc([N+](=O)[O-])ccc12. The number of rotatable bonds is 3. The number of nitrogens with zero attached hydrogens (tertiary/aromatic N) is 4. The standard InChI is InChI=1S/C17H16N4O3/c1-10-17(11(2)20(3)19-10)18-9-15-14-6-5-13(21(23)24)8-12(14)4-7-16(15)22/h4-9,22H,1-3H3. The lowest BCUT2D eigenvalue weighted by Crippen LogP contribution is -1.92. The number of aryl methyl sites for hydroxylation is 2. The molecule has 122 valence electrons. The van der Waals surface area contributed by atoms with Gasteiger partial charge in [0, 0.05) is 31.0 Å². The lowest BCUT2D eigenvalue weighted by atomic mass is 10.0. The third-order valence-corrected chi connectivity index (χ3v) is 4.03. The Kier molecular flexibility index (Phi) is 3.76. The van der Waals surface area contributed by atoms with Crippen molar-refractivity contribution >= 4 is 28.4 Å². The molecule has 3 aromatic rings. The number of fused-ring (bicyclic) bond motifs is 1. The molecular formula is C17H16N4O3. The zero-order valence-electron chi connectivity index (χ0n) is 13.5. The Labute approximate surface area is 138 Å². The minimum atomic E-state index is -0.442. The van der Waals surface area contributed by atoms with Gasteiger partial charge in [0.25, 0.3) is 5.69 Å². The number of aromatic nitrogens is 2. The first-order valence-electron chi connectivity index (χ1n) is 7.33. The first-order valence-corrected chi connectivity index (χ1v) is 7.33. The van der Waals surface area contributed by atoms with E-state index in [-0.39, 0.29) is 11.4 Å². The second-order valence-corrected chi connectivity index (χ2v) is 5.56. The van der Waals surface area contributed by atoms with Gasteiger partial charge in [0.05, 0.1) is 16.3 Å². The molecule has 0 amide bonds. The van der Waals surface area contributed by atoms with E-state index in [1.807, 2.05) is 20.9 Å². The van der Waals surface area contributed by atoms with E-state index in [0.29, 0.717) is 16.3 Å². The number of non-ortho nitro benzene ring substituents is 1. The zero-order valence-corrected chi connectivity index (χ0v) is 13.5. The highest BCUT2D eigenvalue weighted by atomic mass is 16.6. The summed E-state index contributed by atoms with van der Waals surface area (Å²) in [5, 5.41) is 26.7.